The summed E-state index contributed by atoms with van der Waals surface area (Å²) in [4.78, 5) is 0. The lowest BCUT2D eigenvalue weighted by Gasteiger charge is -2.29. The molecule has 0 aliphatic rings. The zero-order chi connectivity index (χ0) is 19.8. The molecule has 0 aliphatic heterocycles. The molecule has 0 saturated carbocycles. The van der Waals surface area contributed by atoms with Gasteiger partial charge >= 0.3 is 0 Å². The Hall–Kier alpha value is -0.980. The molecule has 0 saturated heterocycles. The summed E-state index contributed by atoms with van der Waals surface area (Å²) in [6, 6.07) is 4.42. The van der Waals surface area contributed by atoms with Crippen LogP contribution in [0.1, 0.15) is 123 Å². The summed E-state index contributed by atoms with van der Waals surface area (Å²) in [5.74, 6) is 0.526. The fourth-order valence-electron chi connectivity index (χ4n) is 3.91. The van der Waals surface area contributed by atoms with Crippen LogP contribution in [0.3, 0.4) is 0 Å². The van der Waals surface area contributed by atoms with Gasteiger partial charge in [-0.1, -0.05) is 112 Å². The average molecular weight is 361 g/mol. The third kappa shape index (κ3) is 7.33. The Morgan fingerprint density at radius 1 is 0.692 bits per heavy atom. The first-order valence-electron chi connectivity index (χ1n) is 10.9. The number of unbranched alkanes of at least 4 members (excludes halogenated alkanes) is 8. The molecular formula is C25H44O. The van der Waals surface area contributed by atoms with Crippen LogP contribution in [0.4, 0.5) is 0 Å². The van der Waals surface area contributed by atoms with Gasteiger partial charge in [-0.05, 0) is 34.8 Å². The van der Waals surface area contributed by atoms with Crippen molar-refractivity contribution in [3.05, 3.63) is 28.8 Å². The highest BCUT2D eigenvalue weighted by Crippen LogP contribution is 2.41. The summed E-state index contributed by atoms with van der Waals surface area (Å²) in [5.41, 5.74) is 3.51. The van der Waals surface area contributed by atoms with E-state index in [0.29, 0.717) is 5.75 Å². The summed E-state index contributed by atoms with van der Waals surface area (Å²) in [6.45, 7) is 15.5. The first-order valence-corrected chi connectivity index (χ1v) is 10.9. The first kappa shape index (κ1) is 23.1. The van der Waals surface area contributed by atoms with Crippen LogP contribution in [0.15, 0.2) is 12.1 Å². The highest BCUT2D eigenvalue weighted by molar-refractivity contribution is 5.51. The highest BCUT2D eigenvalue weighted by Gasteiger charge is 2.27. The van der Waals surface area contributed by atoms with Gasteiger partial charge in [0.15, 0.2) is 0 Å². The number of phenols is 1. The van der Waals surface area contributed by atoms with Crippen LogP contribution in [-0.2, 0) is 17.3 Å². The summed E-state index contributed by atoms with van der Waals surface area (Å²) in [7, 11) is 0. The van der Waals surface area contributed by atoms with Crippen LogP contribution in [0.25, 0.3) is 0 Å². The van der Waals surface area contributed by atoms with Crippen molar-refractivity contribution < 1.29 is 5.11 Å². The highest BCUT2D eigenvalue weighted by atomic mass is 16.3. The molecule has 0 bridgehead atoms. The van der Waals surface area contributed by atoms with Crippen molar-refractivity contribution >= 4 is 0 Å². The number of hydrogen-bond donors (Lipinski definition) is 1. The van der Waals surface area contributed by atoms with Gasteiger partial charge in [0.05, 0.1) is 0 Å². The quantitative estimate of drug-likeness (QED) is 0.418. The van der Waals surface area contributed by atoms with E-state index in [9.17, 15) is 5.11 Å². The molecule has 1 aromatic carbocycles. The number of aryl methyl sites for hydroxylation is 1. The second-order valence-corrected chi connectivity index (χ2v) is 10.1. The number of hydrogen-bond acceptors (Lipinski definition) is 1. The topological polar surface area (TPSA) is 20.2 Å². The van der Waals surface area contributed by atoms with Crippen LogP contribution < -0.4 is 0 Å². The van der Waals surface area contributed by atoms with Crippen LogP contribution in [0.2, 0.25) is 0 Å². The normalized spacial score (nSPS) is 12.6. The Morgan fingerprint density at radius 3 is 1.65 bits per heavy atom. The Labute approximate surface area is 163 Å². The van der Waals surface area contributed by atoms with E-state index < -0.39 is 0 Å². The van der Waals surface area contributed by atoms with E-state index in [1.807, 2.05) is 0 Å². The van der Waals surface area contributed by atoms with E-state index in [1.165, 1.54) is 63.4 Å². The molecule has 0 aliphatic carbocycles. The summed E-state index contributed by atoms with van der Waals surface area (Å²) < 4.78 is 0. The first-order chi connectivity index (χ1) is 12.1. The van der Waals surface area contributed by atoms with Crippen LogP contribution in [0, 0.1) is 0 Å². The SMILES string of the molecule is CCCCCCCCCCCc1ccc(C(C)(C)C)c(O)c1C(C)(C)C. The molecule has 0 unspecified atom stereocenters. The van der Waals surface area contributed by atoms with Crippen molar-refractivity contribution in [1.29, 1.82) is 0 Å². The van der Waals surface area contributed by atoms with Crippen molar-refractivity contribution in [1.82, 2.24) is 0 Å². The van der Waals surface area contributed by atoms with E-state index in [4.69, 9.17) is 0 Å². The minimum absolute atomic E-state index is 0.0274. The van der Waals surface area contributed by atoms with Gasteiger partial charge in [0.2, 0.25) is 0 Å². The number of phenolic OH excluding ortho intramolecular Hbond substituents is 1. The van der Waals surface area contributed by atoms with Gasteiger partial charge in [0.1, 0.15) is 5.75 Å². The lowest BCUT2D eigenvalue weighted by atomic mass is 9.76. The molecule has 0 amide bonds. The van der Waals surface area contributed by atoms with Crippen LogP contribution >= 0.6 is 0 Å². The van der Waals surface area contributed by atoms with Crippen molar-refractivity contribution in [2.45, 2.75) is 124 Å². The van der Waals surface area contributed by atoms with Crippen molar-refractivity contribution in [3.8, 4) is 5.75 Å². The predicted molar refractivity (Wildman–Crippen MR) is 116 cm³/mol. The third-order valence-corrected chi connectivity index (χ3v) is 5.37. The monoisotopic (exact) mass is 360 g/mol. The molecule has 1 nitrogen and oxygen atoms in total. The largest absolute Gasteiger partial charge is 0.507 e. The van der Waals surface area contributed by atoms with Gasteiger partial charge in [0, 0.05) is 5.56 Å². The van der Waals surface area contributed by atoms with E-state index in [0.717, 1.165) is 17.5 Å². The fraction of sp³-hybridized carbons (Fsp3) is 0.760. The summed E-state index contributed by atoms with van der Waals surface area (Å²) in [6.07, 6.45) is 13.3. The van der Waals surface area contributed by atoms with Gasteiger partial charge in [0.25, 0.3) is 0 Å². The Morgan fingerprint density at radius 2 is 1.19 bits per heavy atom. The number of rotatable bonds is 10. The molecule has 0 aromatic heterocycles. The predicted octanol–water partition coefficient (Wildman–Crippen LogP) is 8.06. The van der Waals surface area contributed by atoms with E-state index in [1.54, 1.807) is 0 Å². The van der Waals surface area contributed by atoms with Crippen molar-refractivity contribution in [2.24, 2.45) is 0 Å². The van der Waals surface area contributed by atoms with Gasteiger partial charge < -0.3 is 5.11 Å². The van der Waals surface area contributed by atoms with Gasteiger partial charge in [-0.15, -0.1) is 0 Å². The number of aromatic hydroxyl groups is 1. The van der Waals surface area contributed by atoms with Crippen molar-refractivity contribution in [3.63, 3.8) is 0 Å². The van der Waals surface area contributed by atoms with Crippen LogP contribution in [-0.4, -0.2) is 5.11 Å². The molecule has 1 heteroatoms. The van der Waals surface area contributed by atoms with Gasteiger partial charge in [-0.3, -0.25) is 0 Å². The Kier molecular flexibility index (Phi) is 9.21. The maximum absolute atomic E-state index is 11.0. The maximum Gasteiger partial charge on any atom is 0.123 e. The second kappa shape index (κ2) is 10.4. The zero-order valence-corrected chi connectivity index (χ0v) is 18.7. The molecule has 0 heterocycles. The molecule has 1 rings (SSSR count). The third-order valence-electron chi connectivity index (χ3n) is 5.37. The fourth-order valence-corrected chi connectivity index (χ4v) is 3.91. The average Bonchev–Trinajstić information content (AvgIpc) is 2.50. The second-order valence-electron chi connectivity index (χ2n) is 10.1. The van der Waals surface area contributed by atoms with Gasteiger partial charge in [-0.2, -0.15) is 0 Å². The molecular weight excluding hydrogens is 316 g/mol. The van der Waals surface area contributed by atoms with E-state index in [2.05, 4.69) is 60.6 Å². The maximum atomic E-state index is 11.0. The zero-order valence-electron chi connectivity index (χ0n) is 18.7. The van der Waals surface area contributed by atoms with Gasteiger partial charge in [-0.25, -0.2) is 0 Å². The Balaban J connectivity index is 2.63. The minimum atomic E-state index is -0.0278. The van der Waals surface area contributed by atoms with Crippen molar-refractivity contribution in [2.75, 3.05) is 0 Å². The molecule has 0 atom stereocenters. The lowest BCUT2D eigenvalue weighted by molar-refractivity contribution is 0.420. The molecule has 1 aromatic rings. The smallest absolute Gasteiger partial charge is 0.123 e. The molecule has 0 fully saturated rings. The van der Waals surface area contributed by atoms with Crippen LogP contribution in [0.5, 0.6) is 5.75 Å². The van der Waals surface area contributed by atoms with E-state index in [-0.39, 0.29) is 10.8 Å². The standard InChI is InChI=1S/C25H44O/c1-8-9-10-11-12-13-14-15-16-17-20-18-19-21(24(2,3)4)23(26)22(20)25(5,6)7/h18-19,26H,8-17H2,1-7H3. The number of benzene rings is 1. The molecule has 0 spiro atoms. The molecule has 1 N–H and O–H groups in total. The van der Waals surface area contributed by atoms with E-state index >= 15 is 0 Å². The summed E-state index contributed by atoms with van der Waals surface area (Å²) in [5, 5.41) is 11.0. The molecule has 26 heavy (non-hydrogen) atoms. The molecule has 150 valence electrons. The Bertz CT molecular complexity index is 528. The molecule has 0 radical (unpaired) electrons. The summed E-state index contributed by atoms with van der Waals surface area (Å²) >= 11 is 0. The lowest BCUT2D eigenvalue weighted by Crippen LogP contribution is -2.19. The minimum Gasteiger partial charge on any atom is -0.507 e.